The molecule has 6 heteroatoms. The third-order valence-corrected chi connectivity index (χ3v) is 5.87. The number of hydrogen-bond acceptors (Lipinski definition) is 4. The highest BCUT2D eigenvalue weighted by atomic mass is 79.9. The van der Waals surface area contributed by atoms with Gasteiger partial charge in [0, 0.05) is 29.6 Å². The quantitative estimate of drug-likeness (QED) is 0.713. The molecule has 146 valence electrons. The van der Waals surface area contributed by atoms with Crippen molar-refractivity contribution in [2.24, 2.45) is 5.92 Å². The van der Waals surface area contributed by atoms with Crippen LogP contribution in [0.3, 0.4) is 0 Å². The van der Waals surface area contributed by atoms with E-state index >= 15 is 0 Å². The van der Waals surface area contributed by atoms with Crippen LogP contribution in [0.4, 0.5) is 0 Å². The fraction of sp³-hybridized carbons (Fsp3) is 0.364. The lowest BCUT2D eigenvalue weighted by Gasteiger charge is -2.16. The predicted octanol–water partition coefficient (Wildman–Crippen LogP) is 3.83. The Kier molecular flexibility index (Phi) is 6.08. The van der Waals surface area contributed by atoms with Crippen molar-refractivity contribution in [3.63, 3.8) is 0 Å². The number of ketones is 2. The zero-order valence-corrected chi connectivity index (χ0v) is 17.8. The number of aryl methyl sites for hydroxylation is 3. The third-order valence-electron chi connectivity index (χ3n) is 5.24. The van der Waals surface area contributed by atoms with E-state index in [2.05, 4.69) is 26.2 Å². The molecule has 2 unspecified atom stereocenters. The van der Waals surface area contributed by atoms with Crippen LogP contribution in [-0.4, -0.2) is 29.0 Å². The van der Waals surface area contributed by atoms with E-state index in [1.807, 2.05) is 32.9 Å². The van der Waals surface area contributed by atoms with Gasteiger partial charge in [0.15, 0.2) is 5.78 Å². The van der Waals surface area contributed by atoms with E-state index in [0.717, 1.165) is 22.3 Å². The van der Waals surface area contributed by atoms with Crippen molar-refractivity contribution in [2.75, 3.05) is 6.54 Å². The molecular formula is C22H23BrN2O3. The molecule has 28 heavy (non-hydrogen) atoms. The van der Waals surface area contributed by atoms with Crippen LogP contribution in [0.2, 0.25) is 0 Å². The van der Waals surface area contributed by atoms with Crippen LogP contribution in [0.15, 0.2) is 34.9 Å². The first-order chi connectivity index (χ1) is 13.3. The van der Waals surface area contributed by atoms with Crippen LogP contribution in [0.25, 0.3) is 0 Å². The Balaban J connectivity index is 1.66. The summed E-state index contributed by atoms with van der Waals surface area (Å²) in [6.45, 7) is 6.24. The average Bonchev–Trinajstić information content (AvgIpc) is 2.89. The number of rotatable bonds is 5. The summed E-state index contributed by atoms with van der Waals surface area (Å²) in [6, 6.07) is 7.51. The number of nitrogens with one attached hydrogen (secondary N) is 1. The number of Topliss-reactive ketones (excluding diaryl/α,β-unsaturated/α-hetero) is 2. The zero-order valence-electron chi connectivity index (χ0n) is 16.2. The monoisotopic (exact) mass is 442 g/mol. The first-order valence-electron chi connectivity index (χ1n) is 9.32. The summed E-state index contributed by atoms with van der Waals surface area (Å²) >= 11 is 3.30. The summed E-state index contributed by atoms with van der Waals surface area (Å²) in [6.07, 6.45) is 2.23. The summed E-state index contributed by atoms with van der Waals surface area (Å²) in [5.41, 5.74) is 4.25. The molecule has 1 aliphatic carbocycles. The largest absolute Gasteiger partial charge is 0.351 e. The minimum absolute atomic E-state index is 0.0242. The van der Waals surface area contributed by atoms with Gasteiger partial charge in [-0.15, -0.1) is 0 Å². The van der Waals surface area contributed by atoms with Gasteiger partial charge in [-0.25, -0.2) is 4.98 Å². The van der Waals surface area contributed by atoms with Gasteiger partial charge in [-0.3, -0.25) is 14.4 Å². The summed E-state index contributed by atoms with van der Waals surface area (Å²) < 4.78 is 0.616. The number of pyridine rings is 1. The predicted molar refractivity (Wildman–Crippen MR) is 110 cm³/mol. The molecule has 1 aromatic heterocycles. The molecule has 1 heterocycles. The lowest BCUT2D eigenvalue weighted by molar-refractivity contribution is -0.124. The molecule has 0 aliphatic heterocycles. The van der Waals surface area contributed by atoms with Gasteiger partial charge < -0.3 is 5.32 Å². The molecule has 0 spiro atoms. The van der Waals surface area contributed by atoms with E-state index in [1.54, 1.807) is 18.3 Å². The summed E-state index contributed by atoms with van der Waals surface area (Å²) in [5, 5.41) is 2.79. The Morgan fingerprint density at radius 2 is 1.89 bits per heavy atom. The standard InChI is InChI=1S/C22H23BrN2O3/c1-12-9-13(2)18(14(3)10-12)19-17(26)11-15(21(19)27)6-8-25-22(28)20-16(23)5-4-7-24-20/h4-5,7,9-10,15,19H,6,8,11H2,1-3H3,(H,25,28). The van der Waals surface area contributed by atoms with Crippen molar-refractivity contribution in [1.82, 2.24) is 10.3 Å². The van der Waals surface area contributed by atoms with Crippen LogP contribution in [0.1, 0.15) is 51.5 Å². The van der Waals surface area contributed by atoms with Crippen molar-refractivity contribution in [3.8, 4) is 0 Å². The molecular weight excluding hydrogens is 420 g/mol. The number of nitrogens with zero attached hydrogens (tertiary/aromatic N) is 1. The number of hydrogen-bond donors (Lipinski definition) is 1. The number of aromatic nitrogens is 1. The Morgan fingerprint density at radius 1 is 1.21 bits per heavy atom. The number of carbonyl (C=O) groups excluding carboxylic acids is 3. The van der Waals surface area contributed by atoms with Gasteiger partial charge in [-0.05, 0) is 71.9 Å². The fourth-order valence-corrected chi connectivity index (χ4v) is 4.48. The molecule has 1 fully saturated rings. The molecule has 1 aromatic carbocycles. The molecule has 1 saturated carbocycles. The van der Waals surface area contributed by atoms with Gasteiger partial charge in [-0.2, -0.15) is 0 Å². The normalized spacial score (nSPS) is 19.1. The lowest BCUT2D eigenvalue weighted by atomic mass is 9.86. The van der Waals surface area contributed by atoms with Gasteiger partial charge in [0.05, 0.1) is 0 Å². The molecule has 0 radical (unpaired) electrons. The molecule has 0 saturated heterocycles. The Hall–Kier alpha value is -2.34. The van der Waals surface area contributed by atoms with Crippen molar-refractivity contribution in [2.45, 2.75) is 39.5 Å². The summed E-state index contributed by atoms with van der Waals surface area (Å²) in [4.78, 5) is 41.9. The molecule has 1 N–H and O–H groups in total. The maximum atomic E-state index is 13.0. The van der Waals surface area contributed by atoms with E-state index in [1.165, 1.54) is 0 Å². The van der Waals surface area contributed by atoms with E-state index in [4.69, 9.17) is 0 Å². The van der Waals surface area contributed by atoms with Gasteiger partial charge in [0.25, 0.3) is 5.91 Å². The van der Waals surface area contributed by atoms with Crippen LogP contribution >= 0.6 is 15.9 Å². The van der Waals surface area contributed by atoms with E-state index in [9.17, 15) is 14.4 Å². The maximum Gasteiger partial charge on any atom is 0.271 e. The Labute approximate surface area is 173 Å². The Morgan fingerprint density at radius 3 is 2.54 bits per heavy atom. The van der Waals surface area contributed by atoms with Gasteiger partial charge >= 0.3 is 0 Å². The second kappa shape index (κ2) is 8.35. The Bertz CT molecular complexity index is 932. The average molecular weight is 443 g/mol. The molecule has 2 aromatic rings. The van der Waals surface area contributed by atoms with Crippen molar-refractivity contribution in [3.05, 3.63) is 62.9 Å². The molecule has 1 aliphatic rings. The maximum absolute atomic E-state index is 13.0. The van der Waals surface area contributed by atoms with Crippen LogP contribution < -0.4 is 5.32 Å². The SMILES string of the molecule is Cc1cc(C)c(C2C(=O)CC(CCNC(=O)c3ncccc3Br)C2=O)c(C)c1. The first kappa shape index (κ1) is 20.4. The second-order valence-corrected chi connectivity index (χ2v) is 8.25. The molecule has 0 bridgehead atoms. The van der Waals surface area contributed by atoms with Gasteiger partial charge in [0.1, 0.15) is 17.4 Å². The fourth-order valence-electron chi connectivity index (χ4n) is 4.05. The first-order valence-corrected chi connectivity index (χ1v) is 10.1. The topological polar surface area (TPSA) is 76.1 Å². The molecule has 1 amide bonds. The van der Waals surface area contributed by atoms with E-state index < -0.39 is 5.92 Å². The lowest BCUT2D eigenvalue weighted by Crippen LogP contribution is -2.28. The summed E-state index contributed by atoms with van der Waals surface area (Å²) in [5.74, 6) is -1.39. The third kappa shape index (κ3) is 4.07. The minimum Gasteiger partial charge on any atom is -0.351 e. The molecule has 5 nitrogen and oxygen atoms in total. The van der Waals surface area contributed by atoms with E-state index in [-0.39, 0.29) is 29.8 Å². The van der Waals surface area contributed by atoms with Crippen molar-refractivity contribution < 1.29 is 14.4 Å². The van der Waals surface area contributed by atoms with Crippen LogP contribution in [0, 0.1) is 26.7 Å². The minimum atomic E-state index is -0.675. The number of carbonyl (C=O) groups is 3. The van der Waals surface area contributed by atoms with Gasteiger partial charge in [-0.1, -0.05) is 17.7 Å². The number of benzene rings is 1. The smallest absolute Gasteiger partial charge is 0.271 e. The van der Waals surface area contributed by atoms with E-state index in [0.29, 0.717) is 23.1 Å². The highest BCUT2D eigenvalue weighted by Gasteiger charge is 2.42. The number of amides is 1. The molecule has 3 rings (SSSR count). The molecule has 2 atom stereocenters. The van der Waals surface area contributed by atoms with Crippen molar-refractivity contribution >= 4 is 33.4 Å². The number of halogens is 1. The second-order valence-electron chi connectivity index (χ2n) is 7.39. The zero-order chi connectivity index (χ0) is 20.4. The summed E-state index contributed by atoms with van der Waals surface area (Å²) in [7, 11) is 0. The van der Waals surface area contributed by atoms with Crippen molar-refractivity contribution in [1.29, 1.82) is 0 Å². The van der Waals surface area contributed by atoms with Crippen LogP contribution in [-0.2, 0) is 9.59 Å². The highest BCUT2D eigenvalue weighted by molar-refractivity contribution is 9.10. The highest BCUT2D eigenvalue weighted by Crippen LogP contribution is 2.37. The van der Waals surface area contributed by atoms with Gasteiger partial charge in [0.2, 0.25) is 0 Å². The van der Waals surface area contributed by atoms with Crippen LogP contribution in [0.5, 0.6) is 0 Å².